The Balaban J connectivity index is 2.81. The molecule has 0 bridgehead atoms. The number of pyridine rings is 1. The normalized spacial score (nSPS) is 11.9. The molecule has 0 radical (unpaired) electrons. The van der Waals surface area contributed by atoms with Gasteiger partial charge in [0.05, 0.1) is 0 Å². The van der Waals surface area contributed by atoms with Crippen molar-refractivity contribution in [3.8, 4) is 0 Å². The fourth-order valence-electron chi connectivity index (χ4n) is 2.01. The number of rotatable bonds is 6. The molecule has 1 N–H and O–H groups in total. The molecule has 1 heterocycles. The van der Waals surface area contributed by atoms with Crippen molar-refractivity contribution < 1.29 is 9.59 Å². The van der Waals surface area contributed by atoms with Crippen LogP contribution in [0.4, 0.5) is 0 Å². The zero-order valence-electron chi connectivity index (χ0n) is 12.9. The third kappa shape index (κ3) is 4.70. The molecule has 0 spiro atoms. The van der Waals surface area contributed by atoms with Crippen molar-refractivity contribution >= 4 is 23.4 Å². The highest BCUT2D eigenvalue weighted by Gasteiger charge is 2.21. The minimum absolute atomic E-state index is 0.0933. The fourth-order valence-corrected chi connectivity index (χ4v) is 2.24. The SMILES string of the molecule is CCc1cc(C(=O)NC(C)C(=O)N(CC)CC)cc(Cl)n1. The molecular weight excluding hydrogens is 290 g/mol. The van der Waals surface area contributed by atoms with E-state index in [1.54, 1.807) is 17.9 Å². The Morgan fingerprint density at radius 2 is 1.90 bits per heavy atom. The Morgan fingerprint density at radius 3 is 2.43 bits per heavy atom. The van der Waals surface area contributed by atoms with Gasteiger partial charge in [0.2, 0.25) is 5.91 Å². The van der Waals surface area contributed by atoms with Gasteiger partial charge in [0.25, 0.3) is 5.91 Å². The van der Waals surface area contributed by atoms with E-state index in [-0.39, 0.29) is 17.0 Å². The van der Waals surface area contributed by atoms with Gasteiger partial charge in [-0.05, 0) is 39.3 Å². The first-order valence-electron chi connectivity index (χ1n) is 7.18. The average Bonchev–Trinajstić information content (AvgIpc) is 2.47. The average molecular weight is 312 g/mol. The number of aryl methyl sites for hydroxylation is 1. The second-order valence-electron chi connectivity index (χ2n) is 4.73. The highest BCUT2D eigenvalue weighted by atomic mass is 35.5. The van der Waals surface area contributed by atoms with Crippen molar-refractivity contribution in [1.29, 1.82) is 0 Å². The molecule has 0 aliphatic carbocycles. The molecule has 0 aromatic carbocycles. The number of carbonyl (C=O) groups is 2. The van der Waals surface area contributed by atoms with Crippen LogP contribution in [0.2, 0.25) is 5.15 Å². The van der Waals surface area contributed by atoms with Crippen LogP contribution in [0.25, 0.3) is 0 Å². The lowest BCUT2D eigenvalue weighted by atomic mass is 10.1. The van der Waals surface area contributed by atoms with Gasteiger partial charge in [0, 0.05) is 24.3 Å². The van der Waals surface area contributed by atoms with E-state index in [0.29, 0.717) is 25.1 Å². The Morgan fingerprint density at radius 1 is 1.29 bits per heavy atom. The Kier molecular flexibility index (Phi) is 6.62. The van der Waals surface area contributed by atoms with Crippen LogP contribution in [0.15, 0.2) is 12.1 Å². The second-order valence-corrected chi connectivity index (χ2v) is 5.12. The van der Waals surface area contributed by atoms with E-state index in [2.05, 4.69) is 10.3 Å². The molecule has 116 valence electrons. The molecule has 1 aromatic rings. The smallest absolute Gasteiger partial charge is 0.252 e. The van der Waals surface area contributed by atoms with Gasteiger partial charge >= 0.3 is 0 Å². The van der Waals surface area contributed by atoms with Gasteiger partial charge in [0.1, 0.15) is 11.2 Å². The summed E-state index contributed by atoms with van der Waals surface area (Å²) in [4.78, 5) is 30.1. The lowest BCUT2D eigenvalue weighted by Crippen LogP contribution is -2.46. The molecule has 6 heteroatoms. The molecule has 1 rings (SSSR count). The first kappa shape index (κ1) is 17.4. The lowest BCUT2D eigenvalue weighted by molar-refractivity contribution is -0.132. The number of hydrogen-bond donors (Lipinski definition) is 1. The largest absolute Gasteiger partial charge is 0.341 e. The van der Waals surface area contributed by atoms with Crippen LogP contribution < -0.4 is 5.32 Å². The van der Waals surface area contributed by atoms with Crippen molar-refractivity contribution in [3.63, 3.8) is 0 Å². The molecule has 1 unspecified atom stereocenters. The van der Waals surface area contributed by atoms with Crippen molar-refractivity contribution in [3.05, 3.63) is 28.5 Å². The minimum Gasteiger partial charge on any atom is -0.341 e. The summed E-state index contributed by atoms with van der Waals surface area (Å²) < 4.78 is 0. The molecule has 0 aliphatic heterocycles. The first-order valence-corrected chi connectivity index (χ1v) is 7.56. The van der Waals surface area contributed by atoms with Gasteiger partial charge in [-0.2, -0.15) is 0 Å². The summed E-state index contributed by atoms with van der Waals surface area (Å²) in [7, 11) is 0. The van der Waals surface area contributed by atoms with E-state index in [4.69, 9.17) is 11.6 Å². The van der Waals surface area contributed by atoms with Crippen molar-refractivity contribution in [2.45, 2.75) is 40.2 Å². The predicted octanol–water partition coefficient (Wildman–Crippen LogP) is 2.28. The number of carbonyl (C=O) groups excluding carboxylic acids is 2. The molecular formula is C15H22ClN3O2. The Bertz CT molecular complexity index is 516. The quantitative estimate of drug-likeness (QED) is 0.820. The van der Waals surface area contributed by atoms with Gasteiger partial charge < -0.3 is 10.2 Å². The Labute approximate surface area is 130 Å². The molecule has 1 aromatic heterocycles. The number of nitrogens with zero attached hydrogens (tertiary/aromatic N) is 2. The maximum atomic E-state index is 12.2. The zero-order valence-corrected chi connectivity index (χ0v) is 13.7. The van der Waals surface area contributed by atoms with Crippen molar-refractivity contribution in [1.82, 2.24) is 15.2 Å². The number of likely N-dealkylation sites (N-methyl/N-ethyl adjacent to an activating group) is 1. The Hall–Kier alpha value is -1.62. The van der Waals surface area contributed by atoms with Crippen LogP contribution >= 0.6 is 11.6 Å². The topological polar surface area (TPSA) is 62.3 Å². The van der Waals surface area contributed by atoms with Gasteiger partial charge in [-0.1, -0.05) is 18.5 Å². The summed E-state index contributed by atoms with van der Waals surface area (Å²) in [6.45, 7) is 8.68. The van der Waals surface area contributed by atoms with E-state index < -0.39 is 6.04 Å². The van der Waals surface area contributed by atoms with Crippen LogP contribution in [0.1, 0.15) is 43.7 Å². The highest BCUT2D eigenvalue weighted by molar-refractivity contribution is 6.29. The maximum Gasteiger partial charge on any atom is 0.252 e. The predicted molar refractivity (Wildman–Crippen MR) is 83.5 cm³/mol. The number of halogens is 1. The number of aromatic nitrogens is 1. The van der Waals surface area contributed by atoms with E-state index in [1.807, 2.05) is 20.8 Å². The molecule has 21 heavy (non-hydrogen) atoms. The fraction of sp³-hybridized carbons (Fsp3) is 0.533. The third-order valence-electron chi connectivity index (χ3n) is 3.26. The first-order chi connectivity index (χ1) is 9.92. The summed E-state index contributed by atoms with van der Waals surface area (Å²) >= 11 is 5.90. The van der Waals surface area contributed by atoms with Crippen LogP contribution in [0, 0.1) is 0 Å². The third-order valence-corrected chi connectivity index (χ3v) is 3.46. The maximum absolute atomic E-state index is 12.2. The monoisotopic (exact) mass is 311 g/mol. The molecule has 1 atom stereocenters. The molecule has 2 amide bonds. The van der Waals surface area contributed by atoms with E-state index >= 15 is 0 Å². The van der Waals surface area contributed by atoms with E-state index in [9.17, 15) is 9.59 Å². The van der Waals surface area contributed by atoms with E-state index in [0.717, 1.165) is 5.69 Å². The van der Waals surface area contributed by atoms with Crippen LogP contribution in [-0.4, -0.2) is 40.8 Å². The summed E-state index contributed by atoms with van der Waals surface area (Å²) in [5.41, 5.74) is 1.17. The van der Waals surface area contributed by atoms with Crippen molar-refractivity contribution in [2.75, 3.05) is 13.1 Å². The van der Waals surface area contributed by atoms with Crippen LogP contribution in [0.5, 0.6) is 0 Å². The van der Waals surface area contributed by atoms with Gasteiger partial charge in [0.15, 0.2) is 0 Å². The van der Waals surface area contributed by atoms with Crippen molar-refractivity contribution in [2.24, 2.45) is 0 Å². The molecule has 0 fully saturated rings. The molecule has 0 saturated carbocycles. The highest BCUT2D eigenvalue weighted by Crippen LogP contribution is 2.12. The number of nitrogens with one attached hydrogen (secondary N) is 1. The second kappa shape index (κ2) is 7.98. The summed E-state index contributed by atoms with van der Waals surface area (Å²) in [6.07, 6.45) is 0.689. The summed E-state index contributed by atoms with van der Waals surface area (Å²) in [6, 6.07) is 2.62. The number of amides is 2. The molecule has 0 aliphatic rings. The zero-order chi connectivity index (χ0) is 16.0. The minimum atomic E-state index is -0.575. The molecule has 0 saturated heterocycles. The summed E-state index contributed by atoms with van der Waals surface area (Å²) in [5.74, 6) is -0.411. The van der Waals surface area contributed by atoms with Gasteiger partial charge in [-0.3, -0.25) is 9.59 Å². The van der Waals surface area contributed by atoms with Crippen LogP contribution in [0.3, 0.4) is 0 Å². The van der Waals surface area contributed by atoms with Crippen LogP contribution in [-0.2, 0) is 11.2 Å². The van der Waals surface area contributed by atoms with Gasteiger partial charge in [-0.25, -0.2) is 4.98 Å². The van der Waals surface area contributed by atoms with Gasteiger partial charge in [-0.15, -0.1) is 0 Å². The summed E-state index contributed by atoms with van der Waals surface area (Å²) in [5, 5.41) is 2.99. The molecule has 5 nitrogen and oxygen atoms in total. The van der Waals surface area contributed by atoms with E-state index in [1.165, 1.54) is 6.07 Å². The standard InChI is InChI=1S/C15H22ClN3O2/c1-5-12-8-11(9-13(16)18-12)14(20)17-10(4)15(21)19(6-2)7-3/h8-10H,5-7H2,1-4H3,(H,17,20). The lowest BCUT2D eigenvalue weighted by Gasteiger charge is -2.23. The number of hydrogen-bond acceptors (Lipinski definition) is 3.